The Morgan fingerprint density at radius 1 is 1.00 bits per heavy atom. The van der Waals surface area contributed by atoms with Gasteiger partial charge >= 0.3 is 6.09 Å². The van der Waals surface area contributed by atoms with Crippen LogP contribution in [-0.4, -0.2) is 41.0 Å². The first kappa shape index (κ1) is 30.9. The average molecular weight is 524 g/mol. The lowest BCUT2D eigenvalue weighted by molar-refractivity contribution is -0.143. The summed E-state index contributed by atoms with van der Waals surface area (Å²) in [6.07, 6.45) is 1.35. The fourth-order valence-corrected chi connectivity index (χ4v) is 4.23. The molecule has 0 saturated heterocycles. The number of carbonyl (C=O) groups excluding carboxylic acids is 3. The third-order valence-corrected chi connectivity index (χ3v) is 5.96. The number of unbranched alkanes of at least 4 members (excludes halogenated alkanes) is 1. The molecule has 208 valence electrons. The van der Waals surface area contributed by atoms with Gasteiger partial charge in [-0.1, -0.05) is 87.4 Å². The number of hydrogen-bond donors (Lipinski definition) is 2. The number of alkyl carbamates (subject to hydrolysis) is 1. The number of hydrogen-bond acceptors (Lipinski definition) is 4. The van der Waals surface area contributed by atoms with Crippen LogP contribution in [0.1, 0.15) is 83.5 Å². The van der Waals surface area contributed by atoms with Gasteiger partial charge in [-0.3, -0.25) is 9.59 Å². The van der Waals surface area contributed by atoms with Crippen molar-refractivity contribution in [2.75, 3.05) is 6.54 Å². The first-order chi connectivity index (χ1) is 17.9. The smallest absolute Gasteiger partial charge is 0.408 e. The van der Waals surface area contributed by atoms with Gasteiger partial charge in [0, 0.05) is 13.1 Å². The van der Waals surface area contributed by atoms with Crippen LogP contribution in [0, 0.1) is 12.8 Å². The van der Waals surface area contributed by atoms with E-state index in [1.54, 1.807) is 25.7 Å². The summed E-state index contributed by atoms with van der Waals surface area (Å²) in [6, 6.07) is 15.7. The summed E-state index contributed by atoms with van der Waals surface area (Å²) < 4.78 is 5.46. The second kappa shape index (κ2) is 14.6. The second-order valence-corrected chi connectivity index (χ2v) is 11.2. The van der Waals surface area contributed by atoms with Crippen LogP contribution in [0.3, 0.4) is 0 Å². The summed E-state index contributed by atoms with van der Waals surface area (Å²) >= 11 is 0. The summed E-state index contributed by atoms with van der Waals surface area (Å²) in [6.45, 7) is 14.1. The minimum atomic E-state index is -0.840. The molecule has 0 fully saturated rings. The number of rotatable bonds is 12. The van der Waals surface area contributed by atoms with Crippen LogP contribution < -0.4 is 10.6 Å². The van der Waals surface area contributed by atoms with Crippen molar-refractivity contribution < 1.29 is 19.1 Å². The Bertz CT molecular complexity index is 1050. The van der Waals surface area contributed by atoms with Crippen molar-refractivity contribution in [2.24, 2.45) is 5.92 Å². The molecule has 7 nitrogen and oxygen atoms in total. The standard InChI is InChI=1S/C31H45N3O4/c1-8-9-18-34(29(36)26(19-22(2)3)33-30(37)38-31(5,6)7)27(25-17-13-14-23(4)20-25)28(35)32-21-24-15-11-10-12-16-24/h10-17,20,22,26-27H,8-9,18-19,21H2,1-7H3,(H,32,35)(H,33,37). The molecule has 7 heteroatoms. The van der Waals surface area contributed by atoms with Crippen LogP contribution in [0.2, 0.25) is 0 Å². The van der Waals surface area contributed by atoms with E-state index in [9.17, 15) is 14.4 Å². The van der Waals surface area contributed by atoms with Crippen molar-refractivity contribution in [1.82, 2.24) is 15.5 Å². The van der Waals surface area contributed by atoms with Crippen molar-refractivity contribution in [3.05, 3.63) is 71.3 Å². The zero-order valence-electron chi connectivity index (χ0n) is 24.0. The summed E-state index contributed by atoms with van der Waals surface area (Å²) in [5, 5.41) is 5.83. The molecule has 2 N–H and O–H groups in total. The highest BCUT2D eigenvalue weighted by Gasteiger charge is 2.36. The highest BCUT2D eigenvalue weighted by molar-refractivity contribution is 5.92. The Labute approximate surface area is 228 Å². The molecule has 2 unspecified atom stereocenters. The van der Waals surface area contributed by atoms with Gasteiger partial charge in [-0.25, -0.2) is 4.79 Å². The molecule has 0 aliphatic heterocycles. The Morgan fingerprint density at radius 2 is 1.68 bits per heavy atom. The Hall–Kier alpha value is -3.35. The zero-order chi connectivity index (χ0) is 28.3. The molecule has 2 aromatic carbocycles. The maximum atomic E-state index is 14.1. The monoisotopic (exact) mass is 523 g/mol. The Balaban J connectivity index is 2.45. The van der Waals surface area contributed by atoms with Crippen molar-refractivity contribution in [2.45, 2.75) is 92.0 Å². The van der Waals surface area contributed by atoms with Crippen molar-refractivity contribution in [3.8, 4) is 0 Å². The predicted molar refractivity (Wildman–Crippen MR) is 151 cm³/mol. The first-order valence-corrected chi connectivity index (χ1v) is 13.6. The molecule has 0 radical (unpaired) electrons. The first-order valence-electron chi connectivity index (χ1n) is 13.6. The molecule has 0 heterocycles. The predicted octanol–water partition coefficient (Wildman–Crippen LogP) is 5.92. The third-order valence-electron chi connectivity index (χ3n) is 5.96. The maximum absolute atomic E-state index is 14.1. The summed E-state index contributed by atoms with van der Waals surface area (Å²) in [5.74, 6) is -0.417. The molecule has 0 spiro atoms. The number of carbonyl (C=O) groups is 3. The van der Waals surface area contributed by atoms with Gasteiger partial charge in [-0.2, -0.15) is 0 Å². The zero-order valence-corrected chi connectivity index (χ0v) is 24.0. The highest BCUT2D eigenvalue weighted by Crippen LogP contribution is 2.25. The van der Waals surface area contributed by atoms with E-state index >= 15 is 0 Å². The summed E-state index contributed by atoms with van der Waals surface area (Å²) in [5.41, 5.74) is 2.01. The molecular weight excluding hydrogens is 478 g/mol. The van der Waals surface area contributed by atoms with E-state index in [2.05, 4.69) is 10.6 Å². The molecule has 2 aromatic rings. The van der Waals surface area contributed by atoms with Crippen LogP contribution >= 0.6 is 0 Å². The van der Waals surface area contributed by atoms with Gasteiger partial charge in [0.05, 0.1) is 0 Å². The number of ether oxygens (including phenoxy) is 1. The second-order valence-electron chi connectivity index (χ2n) is 11.2. The normalized spacial score (nSPS) is 12.9. The molecule has 0 aliphatic rings. The molecule has 0 aliphatic carbocycles. The lowest BCUT2D eigenvalue weighted by Crippen LogP contribution is -2.53. The van der Waals surface area contributed by atoms with Gasteiger partial charge in [0.25, 0.3) is 0 Å². The van der Waals surface area contributed by atoms with E-state index < -0.39 is 23.8 Å². The van der Waals surface area contributed by atoms with Crippen molar-refractivity contribution in [1.29, 1.82) is 0 Å². The fourth-order valence-electron chi connectivity index (χ4n) is 4.23. The van der Waals surface area contributed by atoms with Crippen LogP contribution in [0.25, 0.3) is 0 Å². The molecule has 2 rings (SSSR count). The lowest BCUT2D eigenvalue weighted by atomic mass is 9.98. The van der Waals surface area contributed by atoms with E-state index in [0.717, 1.165) is 29.5 Å². The molecule has 3 amide bonds. The molecule has 38 heavy (non-hydrogen) atoms. The van der Waals surface area contributed by atoms with Crippen LogP contribution in [-0.2, 0) is 20.9 Å². The van der Waals surface area contributed by atoms with Gasteiger partial charge in [0.15, 0.2) is 0 Å². The van der Waals surface area contributed by atoms with Crippen molar-refractivity contribution in [3.63, 3.8) is 0 Å². The van der Waals surface area contributed by atoms with E-state index in [4.69, 9.17) is 4.74 Å². The van der Waals surface area contributed by atoms with Crippen LogP contribution in [0.5, 0.6) is 0 Å². The Morgan fingerprint density at radius 3 is 2.26 bits per heavy atom. The molecule has 0 bridgehead atoms. The highest BCUT2D eigenvalue weighted by atomic mass is 16.6. The van der Waals surface area contributed by atoms with E-state index in [0.29, 0.717) is 19.5 Å². The lowest BCUT2D eigenvalue weighted by Gasteiger charge is -2.35. The van der Waals surface area contributed by atoms with Gasteiger partial charge in [-0.05, 0) is 57.6 Å². The van der Waals surface area contributed by atoms with Gasteiger partial charge in [-0.15, -0.1) is 0 Å². The molecule has 0 aromatic heterocycles. The Kier molecular flexibility index (Phi) is 11.8. The van der Waals surface area contributed by atoms with Gasteiger partial charge in [0.2, 0.25) is 11.8 Å². The van der Waals surface area contributed by atoms with Gasteiger partial charge in [0.1, 0.15) is 17.7 Å². The van der Waals surface area contributed by atoms with Crippen molar-refractivity contribution >= 4 is 17.9 Å². The number of benzene rings is 2. The number of nitrogens with one attached hydrogen (secondary N) is 2. The summed E-state index contributed by atoms with van der Waals surface area (Å²) in [4.78, 5) is 42.2. The number of amides is 3. The van der Waals surface area contributed by atoms with Crippen LogP contribution in [0.15, 0.2) is 54.6 Å². The SMILES string of the molecule is CCCCN(C(=O)C(CC(C)C)NC(=O)OC(C)(C)C)C(C(=O)NCc1ccccc1)c1cccc(C)c1. The molecule has 0 saturated carbocycles. The molecular formula is C31H45N3O4. The number of aryl methyl sites for hydroxylation is 1. The maximum Gasteiger partial charge on any atom is 0.408 e. The average Bonchev–Trinajstić information content (AvgIpc) is 2.83. The topological polar surface area (TPSA) is 87.7 Å². The minimum absolute atomic E-state index is 0.135. The van der Waals surface area contributed by atoms with E-state index in [1.807, 2.05) is 82.3 Å². The van der Waals surface area contributed by atoms with E-state index in [-0.39, 0.29) is 17.7 Å². The fraction of sp³-hybridized carbons (Fsp3) is 0.516. The third kappa shape index (κ3) is 10.2. The van der Waals surface area contributed by atoms with Gasteiger partial charge < -0.3 is 20.3 Å². The quantitative estimate of drug-likeness (QED) is 0.361. The minimum Gasteiger partial charge on any atom is -0.444 e. The van der Waals surface area contributed by atoms with Crippen LogP contribution in [0.4, 0.5) is 4.79 Å². The largest absolute Gasteiger partial charge is 0.444 e. The number of nitrogens with zero attached hydrogens (tertiary/aromatic N) is 1. The molecule has 2 atom stereocenters. The summed E-state index contributed by atoms with van der Waals surface area (Å²) in [7, 11) is 0. The van der Waals surface area contributed by atoms with E-state index in [1.165, 1.54) is 0 Å².